The molecule has 5 nitrogen and oxygen atoms in total. The van der Waals surface area contributed by atoms with E-state index in [1.807, 2.05) is 18.2 Å². The van der Waals surface area contributed by atoms with Gasteiger partial charge in [-0.25, -0.2) is 9.37 Å². The molecule has 0 spiro atoms. The SMILES string of the molecule is COc1ccccc1OCC(=O)N1CCc2cc3ccc(F)cc3nc21. The Hall–Kier alpha value is -3.15. The fourth-order valence-electron chi connectivity index (χ4n) is 3.13. The molecule has 1 aromatic heterocycles. The van der Waals surface area contributed by atoms with E-state index in [0.717, 1.165) is 17.4 Å². The molecule has 0 unspecified atom stereocenters. The zero-order valence-electron chi connectivity index (χ0n) is 14.2. The third-order valence-corrected chi connectivity index (χ3v) is 4.42. The zero-order chi connectivity index (χ0) is 18.1. The van der Waals surface area contributed by atoms with E-state index >= 15 is 0 Å². The van der Waals surface area contributed by atoms with E-state index in [9.17, 15) is 9.18 Å². The number of amides is 1. The predicted octanol–water partition coefficient (Wildman–Crippen LogP) is 3.35. The highest BCUT2D eigenvalue weighted by molar-refractivity contribution is 5.97. The molecule has 1 aliphatic heterocycles. The highest BCUT2D eigenvalue weighted by atomic mass is 19.1. The minimum absolute atomic E-state index is 0.122. The molecule has 3 aromatic rings. The first-order chi connectivity index (χ1) is 12.7. The third kappa shape index (κ3) is 2.94. The minimum atomic E-state index is -0.347. The maximum atomic E-state index is 13.5. The van der Waals surface area contributed by atoms with Crippen molar-refractivity contribution >= 4 is 22.6 Å². The Labute approximate surface area is 150 Å². The number of pyridine rings is 1. The first kappa shape index (κ1) is 16.3. The highest BCUT2D eigenvalue weighted by Gasteiger charge is 2.27. The largest absolute Gasteiger partial charge is 0.493 e. The van der Waals surface area contributed by atoms with Crippen molar-refractivity contribution in [2.24, 2.45) is 0 Å². The molecule has 0 radical (unpaired) electrons. The fraction of sp³-hybridized carbons (Fsp3) is 0.200. The average molecular weight is 352 g/mol. The van der Waals surface area contributed by atoms with E-state index in [1.165, 1.54) is 12.1 Å². The van der Waals surface area contributed by atoms with E-state index in [-0.39, 0.29) is 18.3 Å². The van der Waals surface area contributed by atoms with Gasteiger partial charge in [0.2, 0.25) is 0 Å². The summed E-state index contributed by atoms with van der Waals surface area (Å²) in [6.45, 7) is 0.415. The lowest BCUT2D eigenvalue weighted by atomic mass is 10.1. The van der Waals surface area contributed by atoms with Crippen LogP contribution in [0, 0.1) is 5.82 Å². The second kappa shape index (κ2) is 6.63. The number of rotatable bonds is 4. The van der Waals surface area contributed by atoms with Gasteiger partial charge in [0.1, 0.15) is 11.6 Å². The van der Waals surface area contributed by atoms with Crippen molar-refractivity contribution in [1.29, 1.82) is 0 Å². The Morgan fingerprint density at radius 1 is 1.19 bits per heavy atom. The van der Waals surface area contributed by atoms with Gasteiger partial charge in [-0.2, -0.15) is 0 Å². The number of halogens is 1. The van der Waals surface area contributed by atoms with Crippen molar-refractivity contribution < 1.29 is 18.7 Å². The summed E-state index contributed by atoms with van der Waals surface area (Å²) in [6.07, 6.45) is 0.718. The molecule has 1 amide bonds. The number of aromatic nitrogens is 1. The molecule has 2 aromatic carbocycles. The van der Waals surface area contributed by atoms with E-state index in [0.29, 0.717) is 29.4 Å². The van der Waals surface area contributed by atoms with Gasteiger partial charge in [-0.15, -0.1) is 0 Å². The summed E-state index contributed by atoms with van der Waals surface area (Å²) in [5.41, 5.74) is 1.52. The van der Waals surface area contributed by atoms with Crippen LogP contribution in [0.3, 0.4) is 0 Å². The van der Waals surface area contributed by atoms with Crippen LogP contribution >= 0.6 is 0 Å². The first-order valence-electron chi connectivity index (χ1n) is 8.31. The average Bonchev–Trinajstić information content (AvgIpc) is 3.07. The number of benzene rings is 2. The van der Waals surface area contributed by atoms with Crippen LogP contribution in [0.2, 0.25) is 0 Å². The van der Waals surface area contributed by atoms with Crippen molar-refractivity contribution in [3.8, 4) is 11.5 Å². The van der Waals surface area contributed by atoms with Gasteiger partial charge in [0.15, 0.2) is 18.1 Å². The first-order valence-corrected chi connectivity index (χ1v) is 8.31. The Morgan fingerprint density at radius 2 is 2.00 bits per heavy atom. The molecule has 0 saturated heterocycles. The van der Waals surface area contributed by atoms with E-state index in [4.69, 9.17) is 9.47 Å². The fourth-order valence-corrected chi connectivity index (χ4v) is 3.13. The standard InChI is InChI=1S/C20H17FN2O3/c1-25-17-4-2-3-5-18(17)26-12-19(24)23-9-8-14-10-13-6-7-15(21)11-16(13)22-20(14)23/h2-7,10-11H,8-9,12H2,1H3. The Bertz CT molecular complexity index is 990. The van der Waals surface area contributed by atoms with Gasteiger partial charge in [0, 0.05) is 18.0 Å². The molecule has 4 rings (SSSR count). The van der Waals surface area contributed by atoms with Crippen molar-refractivity contribution in [3.05, 3.63) is 59.9 Å². The van der Waals surface area contributed by atoms with Gasteiger partial charge in [-0.05, 0) is 42.3 Å². The smallest absolute Gasteiger partial charge is 0.266 e. The molecule has 132 valence electrons. The third-order valence-electron chi connectivity index (χ3n) is 4.42. The monoisotopic (exact) mass is 352 g/mol. The van der Waals surface area contributed by atoms with Crippen LogP contribution in [0.5, 0.6) is 11.5 Å². The summed E-state index contributed by atoms with van der Waals surface area (Å²) in [6, 6.07) is 13.6. The zero-order valence-corrected chi connectivity index (χ0v) is 14.2. The van der Waals surface area contributed by atoms with Gasteiger partial charge >= 0.3 is 0 Å². The molecule has 0 bridgehead atoms. The Kier molecular flexibility index (Phi) is 4.16. The van der Waals surface area contributed by atoms with Crippen LogP contribution in [0.25, 0.3) is 10.9 Å². The van der Waals surface area contributed by atoms with Crippen molar-refractivity contribution in [3.63, 3.8) is 0 Å². The minimum Gasteiger partial charge on any atom is -0.493 e. The number of methoxy groups -OCH3 is 1. The van der Waals surface area contributed by atoms with E-state index in [2.05, 4.69) is 4.98 Å². The molecule has 0 fully saturated rings. The van der Waals surface area contributed by atoms with Crippen LogP contribution < -0.4 is 14.4 Å². The van der Waals surface area contributed by atoms with Crippen molar-refractivity contribution in [1.82, 2.24) is 4.98 Å². The van der Waals surface area contributed by atoms with Crippen molar-refractivity contribution in [2.45, 2.75) is 6.42 Å². The quantitative estimate of drug-likeness (QED) is 0.723. The Balaban J connectivity index is 1.55. The number of ether oxygens (including phenoxy) is 2. The number of para-hydroxylation sites is 2. The molecular formula is C20H17FN2O3. The molecular weight excluding hydrogens is 335 g/mol. The van der Waals surface area contributed by atoms with Crippen LogP contribution in [-0.4, -0.2) is 31.2 Å². The van der Waals surface area contributed by atoms with E-state index in [1.54, 1.807) is 30.2 Å². The number of carbonyl (C=O) groups excluding carboxylic acids is 1. The maximum absolute atomic E-state index is 13.5. The van der Waals surface area contributed by atoms with E-state index < -0.39 is 0 Å². The maximum Gasteiger partial charge on any atom is 0.266 e. The topological polar surface area (TPSA) is 51.7 Å². The molecule has 6 heteroatoms. The summed E-state index contributed by atoms with van der Waals surface area (Å²) in [4.78, 5) is 18.7. The normalized spacial score (nSPS) is 12.9. The van der Waals surface area contributed by atoms with Gasteiger partial charge in [-0.1, -0.05) is 12.1 Å². The number of anilines is 1. The molecule has 26 heavy (non-hydrogen) atoms. The summed E-state index contributed by atoms with van der Waals surface area (Å²) < 4.78 is 24.3. The lowest BCUT2D eigenvalue weighted by Gasteiger charge is -2.17. The molecule has 2 heterocycles. The highest BCUT2D eigenvalue weighted by Crippen LogP contribution is 2.30. The van der Waals surface area contributed by atoms with Crippen LogP contribution in [0.1, 0.15) is 5.56 Å². The predicted molar refractivity (Wildman–Crippen MR) is 96.2 cm³/mol. The summed E-state index contributed by atoms with van der Waals surface area (Å²) >= 11 is 0. The number of hydrogen-bond acceptors (Lipinski definition) is 4. The second-order valence-electron chi connectivity index (χ2n) is 6.04. The summed E-state index contributed by atoms with van der Waals surface area (Å²) in [5, 5.41) is 0.865. The number of carbonyl (C=O) groups is 1. The van der Waals surface area contributed by atoms with Crippen LogP contribution in [-0.2, 0) is 11.2 Å². The number of nitrogens with zero attached hydrogens (tertiary/aromatic N) is 2. The summed E-state index contributed by atoms with van der Waals surface area (Å²) in [7, 11) is 1.55. The van der Waals surface area contributed by atoms with Crippen LogP contribution in [0.15, 0.2) is 48.5 Å². The van der Waals surface area contributed by atoms with Gasteiger partial charge in [0.05, 0.1) is 12.6 Å². The lowest BCUT2D eigenvalue weighted by Crippen LogP contribution is -2.34. The Morgan fingerprint density at radius 3 is 2.81 bits per heavy atom. The van der Waals surface area contributed by atoms with Gasteiger partial charge < -0.3 is 9.47 Å². The second-order valence-corrected chi connectivity index (χ2v) is 6.04. The van der Waals surface area contributed by atoms with Gasteiger partial charge in [-0.3, -0.25) is 9.69 Å². The molecule has 0 N–H and O–H groups in total. The van der Waals surface area contributed by atoms with Crippen LogP contribution in [0.4, 0.5) is 10.2 Å². The molecule has 0 atom stereocenters. The van der Waals surface area contributed by atoms with Crippen molar-refractivity contribution in [2.75, 3.05) is 25.2 Å². The molecule has 0 aliphatic carbocycles. The number of fused-ring (bicyclic) bond motifs is 2. The lowest BCUT2D eigenvalue weighted by molar-refractivity contribution is -0.120. The molecule has 0 saturated carbocycles. The number of hydrogen-bond donors (Lipinski definition) is 0. The van der Waals surface area contributed by atoms with Gasteiger partial charge in [0.25, 0.3) is 5.91 Å². The summed E-state index contributed by atoms with van der Waals surface area (Å²) in [5.74, 6) is 1.12. The molecule has 1 aliphatic rings.